The van der Waals surface area contributed by atoms with Crippen molar-refractivity contribution in [2.75, 3.05) is 13.2 Å². The van der Waals surface area contributed by atoms with E-state index in [2.05, 4.69) is 5.32 Å². The number of aliphatic hydroxyl groups excluding tert-OH is 1. The van der Waals surface area contributed by atoms with Crippen LogP contribution in [0.5, 0.6) is 0 Å². The van der Waals surface area contributed by atoms with Gasteiger partial charge in [-0.3, -0.25) is 0 Å². The topological polar surface area (TPSA) is 32.3 Å². The summed E-state index contributed by atoms with van der Waals surface area (Å²) in [5.41, 5.74) is 0. The van der Waals surface area contributed by atoms with E-state index in [0.29, 0.717) is 18.6 Å². The van der Waals surface area contributed by atoms with Gasteiger partial charge in [0, 0.05) is 12.6 Å². The molecule has 12 heavy (non-hydrogen) atoms. The van der Waals surface area contributed by atoms with Crippen LogP contribution >= 0.6 is 0 Å². The van der Waals surface area contributed by atoms with Crippen LogP contribution in [-0.4, -0.2) is 24.3 Å². The summed E-state index contributed by atoms with van der Waals surface area (Å²) in [7, 11) is 0. The van der Waals surface area contributed by atoms with Crippen molar-refractivity contribution in [3.8, 4) is 0 Å². The lowest BCUT2D eigenvalue weighted by Crippen LogP contribution is -2.49. The third-order valence-corrected chi connectivity index (χ3v) is 3.53. The molecule has 2 N–H and O–H groups in total. The molecule has 1 aliphatic carbocycles. The Balaban J connectivity index is 1.99. The number of hydrogen-bond acceptors (Lipinski definition) is 2. The van der Waals surface area contributed by atoms with Crippen molar-refractivity contribution >= 4 is 0 Å². The van der Waals surface area contributed by atoms with Crippen LogP contribution < -0.4 is 5.32 Å². The molecular formula is C10H19NO. The molecule has 3 atom stereocenters. The first kappa shape index (κ1) is 8.52. The summed E-state index contributed by atoms with van der Waals surface area (Å²) in [6.45, 7) is 1.55. The summed E-state index contributed by atoms with van der Waals surface area (Å²) >= 11 is 0. The smallest absolute Gasteiger partial charge is 0.0474 e. The minimum Gasteiger partial charge on any atom is -0.396 e. The first-order valence-corrected chi connectivity index (χ1v) is 5.26. The third kappa shape index (κ3) is 1.50. The Morgan fingerprint density at radius 1 is 1.17 bits per heavy atom. The van der Waals surface area contributed by atoms with E-state index < -0.39 is 0 Å². The maximum absolute atomic E-state index is 9.19. The van der Waals surface area contributed by atoms with Gasteiger partial charge in [0.05, 0.1) is 0 Å². The fourth-order valence-electron chi connectivity index (χ4n) is 2.88. The molecule has 0 aromatic heterocycles. The van der Waals surface area contributed by atoms with Gasteiger partial charge in [-0.2, -0.15) is 0 Å². The molecule has 0 radical (unpaired) electrons. The Bertz CT molecular complexity index is 140. The van der Waals surface area contributed by atoms with Crippen LogP contribution in [-0.2, 0) is 0 Å². The molecule has 2 rings (SSSR count). The van der Waals surface area contributed by atoms with Gasteiger partial charge in [0.15, 0.2) is 0 Å². The van der Waals surface area contributed by atoms with E-state index in [1.165, 1.54) is 32.1 Å². The molecule has 2 nitrogen and oxygen atoms in total. The van der Waals surface area contributed by atoms with Gasteiger partial charge in [-0.05, 0) is 44.1 Å². The Labute approximate surface area is 74.4 Å². The summed E-state index contributed by atoms with van der Waals surface area (Å²) in [6, 6.07) is 0.637. The molecule has 70 valence electrons. The van der Waals surface area contributed by atoms with Gasteiger partial charge in [0.1, 0.15) is 0 Å². The van der Waals surface area contributed by atoms with E-state index in [1.54, 1.807) is 0 Å². The highest BCUT2D eigenvalue weighted by molar-refractivity contribution is 4.89. The number of piperidine rings is 1. The average Bonchev–Trinajstić information content (AvgIpc) is 2.17. The fourth-order valence-corrected chi connectivity index (χ4v) is 2.88. The van der Waals surface area contributed by atoms with Gasteiger partial charge in [-0.25, -0.2) is 0 Å². The van der Waals surface area contributed by atoms with Gasteiger partial charge >= 0.3 is 0 Å². The maximum Gasteiger partial charge on any atom is 0.0474 e. The van der Waals surface area contributed by atoms with E-state index in [-0.39, 0.29) is 0 Å². The van der Waals surface area contributed by atoms with Crippen molar-refractivity contribution in [3.63, 3.8) is 0 Å². The second kappa shape index (κ2) is 3.75. The number of nitrogens with one attached hydrogen (secondary N) is 1. The quantitative estimate of drug-likeness (QED) is 0.617. The molecule has 1 saturated carbocycles. The number of rotatable bonds is 1. The minimum absolute atomic E-state index is 0.383. The summed E-state index contributed by atoms with van der Waals surface area (Å²) in [5.74, 6) is 1.41. The Kier molecular flexibility index (Phi) is 2.66. The fraction of sp³-hybridized carbons (Fsp3) is 1.00. The van der Waals surface area contributed by atoms with Gasteiger partial charge in [-0.15, -0.1) is 0 Å². The van der Waals surface area contributed by atoms with Gasteiger partial charge in [0.2, 0.25) is 0 Å². The monoisotopic (exact) mass is 169 g/mol. The zero-order chi connectivity index (χ0) is 8.39. The van der Waals surface area contributed by atoms with E-state index >= 15 is 0 Å². The van der Waals surface area contributed by atoms with Gasteiger partial charge < -0.3 is 10.4 Å². The SMILES string of the molecule is OC[C@H]1CCC[C@H]2CCCN[C@H]21. The molecule has 2 aliphatic rings. The highest BCUT2D eigenvalue weighted by atomic mass is 16.3. The van der Waals surface area contributed by atoms with E-state index in [0.717, 1.165) is 12.5 Å². The summed E-state index contributed by atoms with van der Waals surface area (Å²) in [4.78, 5) is 0. The van der Waals surface area contributed by atoms with Crippen molar-refractivity contribution in [1.82, 2.24) is 5.32 Å². The average molecular weight is 169 g/mol. The highest BCUT2D eigenvalue weighted by Gasteiger charge is 2.33. The molecule has 1 saturated heterocycles. The Hall–Kier alpha value is -0.0800. The lowest BCUT2D eigenvalue weighted by atomic mass is 9.73. The molecule has 2 fully saturated rings. The Morgan fingerprint density at radius 2 is 2.00 bits per heavy atom. The molecule has 0 spiro atoms. The van der Waals surface area contributed by atoms with E-state index in [9.17, 15) is 5.11 Å². The van der Waals surface area contributed by atoms with Crippen molar-refractivity contribution < 1.29 is 5.11 Å². The maximum atomic E-state index is 9.19. The van der Waals surface area contributed by atoms with Gasteiger partial charge in [0.25, 0.3) is 0 Å². The number of fused-ring (bicyclic) bond motifs is 1. The summed E-state index contributed by atoms with van der Waals surface area (Å²) < 4.78 is 0. The first-order chi connectivity index (χ1) is 5.92. The second-order valence-electron chi connectivity index (χ2n) is 4.26. The molecular weight excluding hydrogens is 150 g/mol. The number of aliphatic hydroxyl groups is 1. The van der Waals surface area contributed by atoms with Crippen LogP contribution in [0.2, 0.25) is 0 Å². The van der Waals surface area contributed by atoms with Crippen molar-refractivity contribution in [3.05, 3.63) is 0 Å². The lowest BCUT2D eigenvalue weighted by molar-refractivity contribution is 0.0940. The largest absolute Gasteiger partial charge is 0.396 e. The molecule has 2 heteroatoms. The summed E-state index contributed by atoms with van der Waals surface area (Å²) in [6.07, 6.45) is 6.65. The Morgan fingerprint density at radius 3 is 2.83 bits per heavy atom. The molecule has 0 aromatic carbocycles. The van der Waals surface area contributed by atoms with Crippen LogP contribution in [0.1, 0.15) is 32.1 Å². The molecule has 0 bridgehead atoms. The van der Waals surface area contributed by atoms with Crippen molar-refractivity contribution in [1.29, 1.82) is 0 Å². The van der Waals surface area contributed by atoms with Crippen molar-refractivity contribution in [2.24, 2.45) is 11.8 Å². The van der Waals surface area contributed by atoms with Crippen LogP contribution in [0.4, 0.5) is 0 Å². The summed E-state index contributed by atoms with van der Waals surface area (Å²) in [5, 5.41) is 12.8. The molecule has 0 amide bonds. The van der Waals surface area contributed by atoms with Crippen LogP contribution in [0.15, 0.2) is 0 Å². The zero-order valence-electron chi connectivity index (χ0n) is 7.63. The van der Waals surface area contributed by atoms with E-state index in [1.807, 2.05) is 0 Å². The second-order valence-corrected chi connectivity index (χ2v) is 4.26. The molecule has 1 heterocycles. The predicted octanol–water partition coefficient (Wildman–Crippen LogP) is 1.15. The molecule has 0 unspecified atom stereocenters. The van der Waals surface area contributed by atoms with Crippen molar-refractivity contribution in [2.45, 2.75) is 38.1 Å². The van der Waals surface area contributed by atoms with Crippen LogP contribution in [0, 0.1) is 11.8 Å². The normalized spacial score (nSPS) is 42.2. The number of hydrogen-bond donors (Lipinski definition) is 2. The zero-order valence-corrected chi connectivity index (χ0v) is 7.63. The predicted molar refractivity (Wildman–Crippen MR) is 48.9 cm³/mol. The molecule has 1 aliphatic heterocycles. The van der Waals surface area contributed by atoms with E-state index in [4.69, 9.17) is 0 Å². The standard InChI is InChI=1S/C10H19NO/c12-7-9-4-1-3-8-5-2-6-11-10(8)9/h8-12H,1-7H2/t8-,9+,10+/m0/s1. The molecule has 0 aromatic rings. The third-order valence-electron chi connectivity index (χ3n) is 3.53. The minimum atomic E-state index is 0.383. The first-order valence-electron chi connectivity index (χ1n) is 5.26. The highest BCUT2D eigenvalue weighted by Crippen LogP contribution is 2.33. The van der Waals surface area contributed by atoms with Crippen LogP contribution in [0.25, 0.3) is 0 Å². The van der Waals surface area contributed by atoms with Gasteiger partial charge in [-0.1, -0.05) is 6.42 Å². The van der Waals surface area contributed by atoms with Crippen LogP contribution in [0.3, 0.4) is 0 Å². The lowest BCUT2D eigenvalue weighted by Gasteiger charge is -2.41.